The van der Waals surface area contributed by atoms with Crippen molar-refractivity contribution in [3.63, 3.8) is 0 Å². The summed E-state index contributed by atoms with van der Waals surface area (Å²) < 4.78 is 62.9. The van der Waals surface area contributed by atoms with Crippen LogP contribution >= 0.6 is 0 Å². The Morgan fingerprint density at radius 1 is 1.22 bits per heavy atom. The van der Waals surface area contributed by atoms with Gasteiger partial charge in [0.05, 0.1) is 5.75 Å². The maximum absolute atomic E-state index is 12.5. The van der Waals surface area contributed by atoms with Crippen molar-refractivity contribution in [3.8, 4) is 0 Å². The number of piperidine rings is 1. The summed E-state index contributed by atoms with van der Waals surface area (Å²) in [6.45, 7) is 2.55. The van der Waals surface area contributed by atoms with E-state index in [2.05, 4.69) is 0 Å². The summed E-state index contributed by atoms with van der Waals surface area (Å²) in [5, 5.41) is 0. The van der Waals surface area contributed by atoms with Crippen molar-refractivity contribution in [2.24, 2.45) is 5.92 Å². The van der Waals surface area contributed by atoms with Gasteiger partial charge in [0.25, 0.3) is 0 Å². The number of sulfonamides is 1. The minimum atomic E-state index is -4.42. The molecule has 0 aliphatic carbocycles. The normalized spacial score (nSPS) is 18.1. The van der Waals surface area contributed by atoms with E-state index in [1.165, 1.54) is 11.2 Å². The number of hydrogen-bond donors (Lipinski definition) is 0. The number of unbranched alkanes of at least 4 members (excludes halogenated alkanes) is 1. The van der Waals surface area contributed by atoms with Gasteiger partial charge in [-0.15, -0.1) is 0 Å². The first kappa shape index (κ1) is 20.2. The molecule has 0 aromatic rings. The molecule has 9 heteroatoms. The van der Waals surface area contributed by atoms with Gasteiger partial charge >= 0.3 is 6.18 Å². The van der Waals surface area contributed by atoms with E-state index in [1.807, 2.05) is 6.92 Å². The SMILES string of the molecule is CCCCS(=O)(=O)N1CCC(C(=O)N(CC)CC(F)(F)F)CC1. The van der Waals surface area contributed by atoms with Crippen LogP contribution in [0.3, 0.4) is 0 Å². The molecule has 0 aromatic carbocycles. The van der Waals surface area contributed by atoms with Crippen molar-refractivity contribution in [2.45, 2.75) is 45.7 Å². The van der Waals surface area contributed by atoms with Gasteiger partial charge < -0.3 is 4.90 Å². The predicted octanol–water partition coefficient (Wildman–Crippen LogP) is 2.24. The topological polar surface area (TPSA) is 57.7 Å². The third-order valence-corrected chi connectivity index (χ3v) is 5.97. The Kier molecular flexibility index (Phi) is 7.31. The van der Waals surface area contributed by atoms with Crippen LogP contribution in [0.15, 0.2) is 0 Å². The van der Waals surface area contributed by atoms with Crippen molar-refractivity contribution in [1.82, 2.24) is 9.21 Å². The van der Waals surface area contributed by atoms with Crippen LogP contribution in [0.5, 0.6) is 0 Å². The van der Waals surface area contributed by atoms with Crippen molar-refractivity contribution in [3.05, 3.63) is 0 Å². The van der Waals surface area contributed by atoms with Crippen LogP contribution < -0.4 is 0 Å². The van der Waals surface area contributed by atoms with Crippen molar-refractivity contribution < 1.29 is 26.4 Å². The molecule has 5 nitrogen and oxygen atoms in total. The maximum Gasteiger partial charge on any atom is 0.406 e. The molecule has 1 heterocycles. The predicted molar refractivity (Wildman–Crippen MR) is 81.3 cm³/mol. The van der Waals surface area contributed by atoms with Gasteiger partial charge in [-0.2, -0.15) is 13.2 Å². The average molecular weight is 358 g/mol. The lowest BCUT2D eigenvalue weighted by Gasteiger charge is -2.33. The molecule has 0 atom stereocenters. The Bertz CT molecular complexity index is 486. The van der Waals surface area contributed by atoms with Crippen LogP contribution in [0, 0.1) is 5.92 Å². The minimum Gasteiger partial charge on any atom is -0.334 e. The fourth-order valence-corrected chi connectivity index (χ4v) is 4.34. The quantitative estimate of drug-likeness (QED) is 0.701. The number of amides is 1. The second-order valence-corrected chi connectivity index (χ2v) is 7.90. The van der Waals surface area contributed by atoms with E-state index in [-0.39, 0.29) is 38.2 Å². The number of alkyl halides is 3. The van der Waals surface area contributed by atoms with E-state index < -0.39 is 34.6 Å². The Hall–Kier alpha value is -0.830. The zero-order chi connectivity index (χ0) is 17.7. The van der Waals surface area contributed by atoms with Crippen LogP contribution in [-0.4, -0.2) is 61.6 Å². The number of halogens is 3. The van der Waals surface area contributed by atoms with Crippen LogP contribution in [0.1, 0.15) is 39.5 Å². The summed E-state index contributed by atoms with van der Waals surface area (Å²) in [6, 6.07) is 0. The van der Waals surface area contributed by atoms with Gasteiger partial charge in [0, 0.05) is 25.6 Å². The van der Waals surface area contributed by atoms with Gasteiger partial charge in [0.1, 0.15) is 6.54 Å². The molecular formula is C14H25F3N2O3S. The molecule has 0 N–H and O–H groups in total. The van der Waals surface area contributed by atoms with Crippen molar-refractivity contribution >= 4 is 15.9 Å². The lowest BCUT2D eigenvalue weighted by atomic mass is 9.96. The van der Waals surface area contributed by atoms with Crippen LogP contribution in [-0.2, 0) is 14.8 Å². The molecule has 1 fully saturated rings. The smallest absolute Gasteiger partial charge is 0.334 e. The number of carbonyl (C=O) groups excluding carboxylic acids is 1. The summed E-state index contributed by atoms with van der Waals surface area (Å²) in [6.07, 6.45) is -2.51. The average Bonchev–Trinajstić information content (AvgIpc) is 2.49. The van der Waals surface area contributed by atoms with Crippen molar-refractivity contribution in [2.75, 3.05) is 31.9 Å². The van der Waals surface area contributed by atoms with E-state index in [1.54, 1.807) is 0 Å². The maximum atomic E-state index is 12.5. The largest absolute Gasteiger partial charge is 0.406 e. The van der Waals surface area contributed by atoms with Gasteiger partial charge in [-0.05, 0) is 26.2 Å². The molecule has 1 aliphatic heterocycles. The number of nitrogens with zero attached hydrogens (tertiary/aromatic N) is 2. The van der Waals surface area contributed by atoms with Crippen molar-refractivity contribution in [1.29, 1.82) is 0 Å². The lowest BCUT2D eigenvalue weighted by molar-refractivity contribution is -0.164. The molecule has 136 valence electrons. The third-order valence-electron chi connectivity index (χ3n) is 4.02. The molecule has 0 spiro atoms. The summed E-state index contributed by atoms with van der Waals surface area (Å²) in [4.78, 5) is 13.0. The molecule has 0 radical (unpaired) electrons. The highest BCUT2D eigenvalue weighted by molar-refractivity contribution is 7.89. The Morgan fingerprint density at radius 3 is 2.22 bits per heavy atom. The van der Waals surface area contributed by atoms with E-state index in [0.29, 0.717) is 6.42 Å². The first-order chi connectivity index (χ1) is 10.6. The third kappa shape index (κ3) is 6.29. The van der Waals surface area contributed by atoms with Crippen LogP contribution in [0.25, 0.3) is 0 Å². The summed E-state index contributed by atoms with van der Waals surface area (Å²) in [5.74, 6) is -0.984. The molecule has 0 bridgehead atoms. The van der Waals surface area contributed by atoms with Crippen LogP contribution in [0.4, 0.5) is 13.2 Å². The summed E-state index contributed by atoms with van der Waals surface area (Å²) in [7, 11) is -3.32. The second kappa shape index (κ2) is 8.32. The van der Waals surface area contributed by atoms with E-state index in [9.17, 15) is 26.4 Å². The Morgan fingerprint density at radius 2 is 1.78 bits per heavy atom. The van der Waals surface area contributed by atoms with Gasteiger partial charge in [-0.3, -0.25) is 4.79 Å². The van der Waals surface area contributed by atoms with Gasteiger partial charge in [0.15, 0.2) is 0 Å². The molecule has 0 saturated carbocycles. The van der Waals surface area contributed by atoms with Gasteiger partial charge in [-0.1, -0.05) is 13.3 Å². The molecule has 0 aromatic heterocycles. The van der Waals surface area contributed by atoms with E-state index in [0.717, 1.165) is 11.3 Å². The molecule has 0 unspecified atom stereocenters. The lowest BCUT2D eigenvalue weighted by Crippen LogP contribution is -2.47. The zero-order valence-corrected chi connectivity index (χ0v) is 14.4. The molecule has 23 heavy (non-hydrogen) atoms. The highest BCUT2D eigenvalue weighted by Crippen LogP contribution is 2.24. The Labute approximate surface area is 135 Å². The Balaban J connectivity index is 2.59. The van der Waals surface area contributed by atoms with Crippen LogP contribution in [0.2, 0.25) is 0 Å². The fraction of sp³-hybridized carbons (Fsp3) is 0.929. The molecule has 1 aliphatic rings. The first-order valence-corrected chi connectivity index (χ1v) is 9.55. The minimum absolute atomic E-state index is 0.00659. The van der Waals surface area contributed by atoms with Gasteiger partial charge in [-0.25, -0.2) is 12.7 Å². The van der Waals surface area contributed by atoms with E-state index in [4.69, 9.17) is 0 Å². The highest BCUT2D eigenvalue weighted by Gasteiger charge is 2.37. The number of carbonyl (C=O) groups is 1. The second-order valence-electron chi connectivity index (χ2n) is 5.81. The molecule has 1 saturated heterocycles. The zero-order valence-electron chi connectivity index (χ0n) is 13.6. The molecule has 1 amide bonds. The standard InChI is InChI=1S/C14H25F3N2O3S/c1-3-5-10-23(21,22)19-8-6-12(7-9-19)13(20)18(4-2)11-14(15,16)17/h12H,3-11H2,1-2H3. The van der Waals surface area contributed by atoms with E-state index >= 15 is 0 Å². The first-order valence-electron chi connectivity index (χ1n) is 7.94. The summed E-state index contributed by atoms with van der Waals surface area (Å²) in [5.41, 5.74) is 0. The van der Waals surface area contributed by atoms with Gasteiger partial charge in [0.2, 0.25) is 15.9 Å². The molecular weight excluding hydrogens is 333 g/mol. The summed E-state index contributed by atoms with van der Waals surface area (Å²) >= 11 is 0. The number of rotatable bonds is 7. The monoisotopic (exact) mass is 358 g/mol. The highest BCUT2D eigenvalue weighted by atomic mass is 32.2. The fourth-order valence-electron chi connectivity index (χ4n) is 2.66. The number of hydrogen-bond acceptors (Lipinski definition) is 3. The molecule has 1 rings (SSSR count).